The van der Waals surface area contributed by atoms with Crippen LogP contribution < -0.4 is 0 Å². The fourth-order valence-electron chi connectivity index (χ4n) is 2.16. The van der Waals surface area contributed by atoms with Gasteiger partial charge in [0, 0.05) is 20.1 Å². The lowest BCUT2D eigenvalue weighted by molar-refractivity contribution is 1.17. The monoisotopic (exact) mass is 447 g/mol. The van der Waals surface area contributed by atoms with E-state index in [0.717, 1.165) is 20.1 Å². The molecule has 0 aliphatic heterocycles. The first-order valence-electron chi connectivity index (χ1n) is 6.58. The average molecular weight is 450 g/mol. The molecule has 0 radical (unpaired) electrons. The highest BCUT2D eigenvalue weighted by molar-refractivity contribution is 9.10. The van der Waals surface area contributed by atoms with Crippen molar-refractivity contribution in [3.63, 3.8) is 0 Å². The summed E-state index contributed by atoms with van der Waals surface area (Å²) in [7, 11) is 0. The molecule has 112 valence electrons. The molecule has 0 aliphatic rings. The molecular formula is C17H8Br2ClN3. The summed E-state index contributed by atoms with van der Waals surface area (Å²) in [6.45, 7) is 0. The van der Waals surface area contributed by atoms with Crippen LogP contribution in [0.25, 0.3) is 22.5 Å². The summed E-state index contributed by atoms with van der Waals surface area (Å²) >= 11 is 13.0. The molecule has 1 heterocycles. The van der Waals surface area contributed by atoms with Crippen LogP contribution in [0.1, 0.15) is 5.69 Å². The Kier molecular flexibility index (Phi) is 4.76. The van der Waals surface area contributed by atoms with E-state index >= 15 is 0 Å². The van der Waals surface area contributed by atoms with Crippen molar-refractivity contribution in [1.29, 1.82) is 5.26 Å². The zero-order chi connectivity index (χ0) is 16.4. The SMILES string of the molecule is N#Cc1nc(-c2cccc(Br)c2)c(-c2cccc(Br)c2)nc1Cl. The number of aromatic nitrogens is 2. The van der Waals surface area contributed by atoms with Gasteiger partial charge in [0.1, 0.15) is 6.07 Å². The van der Waals surface area contributed by atoms with Gasteiger partial charge in [-0.3, -0.25) is 0 Å². The second-order valence-electron chi connectivity index (χ2n) is 4.69. The van der Waals surface area contributed by atoms with Gasteiger partial charge in [-0.05, 0) is 24.3 Å². The Bertz CT molecular complexity index is 935. The van der Waals surface area contributed by atoms with Crippen molar-refractivity contribution in [2.45, 2.75) is 0 Å². The van der Waals surface area contributed by atoms with E-state index in [0.29, 0.717) is 11.4 Å². The Morgan fingerprint density at radius 3 is 1.87 bits per heavy atom. The third-order valence-corrected chi connectivity index (χ3v) is 4.41. The van der Waals surface area contributed by atoms with Crippen molar-refractivity contribution in [2.75, 3.05) is 0 Å². The standard InChI is InChI=1S/C17H8Br2ClN3/c18-12-5-1-3-10(7-12)15-16(11-4-2-6-13(19)8-11)23-17(20)14(9-21)22-15/h1-8H. The van der Waals surface area contributed by atoms with Gasteiger partial charge in [-0.1, -0.05) is 67.7 Å². The normalized spacial score (nSPS) is 10.3. The topological polar surface area (TPSA) is 49.6 Å². The van der Waals surface area contributed by atoms with Gasteiger partial charge in [-0.15, -0.1) is 0 Å². The molecule has 0 saturated heterocycles. The van der Waals surface area contributed by atoms with E-state index in [1.165, 1.54) is 0 Å². The summed E-state index contributed by atoms with van der Waals surface area (Å²) in [4.78, 5) is 8.82. The van der Waals surface area contributed by atoms with E-state index in [-0.39, 0.29) is 10.8 Å². The van der Waals surface area contributed by atoms with Crippen LogP contribution in [0.3, 0.4) is 0 Å². The second kappa shape index (κ2) is 6.79. The van der Waals surface area contributed by atoms with Gasteiger partial charge in [0.2, 0.25) is 0 Å². The zero-order valence-corrected chi connectivity index (χ0v) is 15.5. The Hall–Kier alpha value is -1.74. The highest BCUT2D eigenvalue weighted by atomic mass is 79.9. The van der Waals surface area contributed by atoms with E-state index in [9.17, 15) is 5.26 Å². The van der Waals surface area contributed by atoms with Gasteiger partial charge in [0.15, 0.2) is 10.8 Å². The third-order valence-electron chi connectivity index (χ3n) is 3.16. The summed E-state index contributed by atoms with van der Waals surface area (Å²) in [5.74, 6) is 0. The van der Waals surface area contributed by atoms with E-state index in [1.54, 1.807) is 0 Å². The van der Waals surface area contributed by atoms with E-state index in [1.807, 2.05) is 54.6 Å². The Morgan fingerprint density at radius 2 is 1.39 bits per heavy atom. The molecule has 3 nitrogen and oxygen atoms in total. The first-order chi connectivity index (χ1) is 11.1. The van der Waals surface area contributed by atoms with Crippen LogP contribution >= 0.6 is 43.5 Å². The van der Waals surface area contributed by atoms with Crippen LogP contribution in [0.2, 0.25) is 5.15 Å². The van der Waals surface area contributed by atoms with Crippen LogP contribution in [0.5, 0.6) is 0 Å². The molecule has 0 bridgehead atoms. The smallest absolute Gasteiger partial charge is 0.178 e. The molecule has 0 aliphatic carbocycles. The highest BCUT2D eigenvalue weighted by Crippen LogP contribution is 2.33. The van der Waals surface area contributed by atoms with E-state index in [4.69, 9.17) is 11.6 Å². The molecule has 0 saturated carbocycles. The van der Waals surface area contributed by atoms with Crippen molar-refractivity contribution in [3.05, 3.63) is 68.3 Å². The molecule has 0 fully saturated rings. The minimum atomic E-state index is 0.0984. The molecule has 0 unspecified atom stereocenters. The van der Waals surface area contributed by atoms with Crippen LogP contribution in [-0.4, -0.2) is 9.97 Å². The second-order valence-corrected chi connectivity index (χ2v) is 6.88. The molecule has 23 heavy (non-hydrogen) atoms. The van der Waals surface area contributed by atoms with E-state index < -0.39 is 0 Å². The summed E-state index contributed by atoms with van der Waals surface area (Å²) in [6.07, 6.45) is 0. The minimum absolute atomic E-state index is 0.0984. The molecule has 6 heteroatoms. The van der Waals surface area contributed by atoms with Crippen LogP contribution in [0.4, 0.5) is 0 Å². The van der Waals surface area contributed by atoms with Gasteiger partial charge in [0.05, 0.1) is 11.4 Å². The molecule has 0 atom stereocenters. The number of rotatable bonds is 2. The van der Waals surface area contributed by atoms with Crippen molar-refractivity contribution < 1.29 is 0 Å². The summed E-state index contributed by atoms with van der Waals surface area (Å²) in [5.41, 5.74) is 3.09. The molecule has 0 N–H and O–H groups in total. The van der Waals surface area contributed by atoms with Crippen LogP contribution in [0.15, 0.2) is 57.5 Å². The zero-order valence-electron chi connectivity index (χ0n) is 11.6. The minimum Gasteiger partial charge on any atom is -0.232 e. The molecule has 0 spiro atoms. The average Bonchev–Trinajstić information content (AvgIpc) is 2.54. The van der Waals surface area contributed by atoms with Crippen molar-refractivity contribution in [1.82, 2.24) is 9.97 Å². The summed E-state index contributed by atoms with van der Waals surface area (Å²) < 4.78 is 1.85. The van der Waals surface area contributed by atoms with Gasteiger partial charge in [-0.25, -0.2) is 9.97 Å². The maximum Gasteiger partial charge on any atom is 0.178 e. The number of halogens is 3. The van der Waals surface area contributed by atoms with Crippen molar-refractivity contribution in [3.8, 4) is 28.6 Å². The van der Waals surface area contributed by atoms with Gasteiger partial charge >= 0.3 is 0 Å². The molecular weight excluding hydrogens is 441 g/mol. The fraction of sp³-hybridized carbons (Fsp3) is 0. The quantitative estimate of drug-likeness (QED) is 0.492. The Balaban J connectivity index is 2.30. The van der Waals surface area contributed by atoms with Crippen LogP contribution in [0, 0.1) is 11.3 Å². The molecule has 3 rings (SSSR count). The largest absolute Gasteiger partial charge is 0.232 e. The summed E-state index contributed by atoms with van der Waals surface area (Å²) in [5, 5.41) is 9.29. The molecule has 0 amide bonds. The Labute approximate surface area is 155 Å². The molecule has 2 aromatic carbocycles. The maximum absolute atomic E-state index is 9.20. The first-order valence-corrected chi connectivity index (χ1v) is 8.54. The van der Waals surface area contributed by atoms with Crippen molar-refractivity contribution >= 4 is 43.5 Å². The third kappa shape index (κ3) is 3.45. The predicted molar refractivity (Wildman–Crippen MR) is 98.0 cm³/mol. The van der Waals surface area contributed by atoms with Gasteiger partial charge < -0.3 is 0 Å². The fourth-order valence-corrected chi connectivity index (χ4v) is 3.13. The van der Waals surface area contributed by atoms with Crippen LogP contribution in [-0.2, 0) is 0 Å². The number of hydrogen-bond acceptors (Lipinski definition) is 3. The first kappa shape index (κ1) is 16.1. The lowest BCUT2D eigenvalue weighted by Crippen LogP contribution is -1.98. The highest BCUT2D eigenvalue weighted by Gasteiger charge is 2.16. The Morgan fingerprint density at radius 1 is 0.870 bits per heavy atom. The lowest BCUT2D eigenvalue weighted by Gasteiger charge is -2.10. The number of nitrogens with zero attached hydrogens (tertiary/aromatic N) is 3. The number of benzene rings is 2. The maximum atomic E-state index is 9.20. The van der Waals surface area contributed by atoms with Crippen molar-refractivity contribution in [2.24, 2.45) is 0 Å². The number of nitriles is 1. The lowest BCUT2D eigenvalue weighted by atomic mass is 10.0. The molecule has 3 aromatic rings. The van der Waals surface area contributed by atoms with Gasteiger partial charge in [0.25, 0.3) is 0 Å². The predicted octanol–water partition coefficient (Wildman–Crippen LogP) is 5.86. The summed E-state index contributed by atoms with van der Waals surface area (Å²) in [6, 6.07) is 17.4. The van der Waals surface area contributed by atoms with E-state index in [2.05, 4.69) is 41.8 Å². The number of hydrogen-bond donors (Lipinski definition) is 0. The molecule has 1 aromatic heterocycles. The van der Waals surface area contributed by atoms with Gasteiger partial charge in [-0.2, -0.15) is 5.26 Å².